The van der Waals surface area contributed by atoms with Gasteiger partial charge in [-0.2, -0.15) is 0 Å². The number of likely N-dealkylation sites (tertiary alicyclic amines) is 1. The minimum atomic E-state index is 0.353. The molecule has 0 bridgehead atoms. The summed E-state index contributed by atoms with van der Waals surface area (Å²) in [5.41, 5.74) is 6.59. The molecule has 0 aromatic carbocycles. The predicted octanol–water partition coefficient (Wildman–Crippen LogP) is 1.60. The molecule has 0 aromatic heterocycles. The van der Waals surface area contributed by atoms with Gasteiger partial charge in [0.05, 0.1) is 0 Å². The summed E-state index contributed by atoms with van der Waals surface area (Å²) in [7, 11) is 0. The van der Waals surface area contributed by atoms with Crippen molar-refractivity contribution in [3.63, 3.8) is 0 Å². The third kappa shape index (κ3) is 2.05. The summed E-state index contributed by atoms with van der Waals surface area (Å²) in [4.78, 5) is 2.64. The molecule has 2 N–H and O–H groups in total. The molecule has 2 aliphatic rings. The van der Waals surface area contributed by atoms with Crippen LogP contribution in [-0.2, 0) is 0 Å². The Kier molecular flexibility index (Phi) is 2.37. The van der Waals surface area contributed by atoms with Crippen LogP contribution in [0.15, 0.2) is 0 Å². The molecule has 1 spiro atoms. The lowest BCUT2D eigenvalue weighted by Gasteiger charge is -2.25. The lowest BCUT2D eigenvalue weighted by Crippen LogP contribution is -2.35. The van der Waals surface area contributed by atoms with Crippen molar-refractivity contribution in [2.45, 2.75) is 51.6 Å². The van der Waals surface area contributed by atoms with Crippen LogP contribution in [0.2, 0.25) is 0 Å². The minimum absolute atomic E-state index is 0.353. The molecule has 1 saturated carbocycles. The van der Waals surface area contributed by atoms with Crippen molar-refractivity contribution in [2.24, 2.45) is 11.1 Å². The minimum Gasteiger partial charge on any atom is -0.328 e. The third-order valence-corrected chi connectivity index (χ3v) is 3.76. The van der Waals surface area contributed by atoms with Gasteiger partial charge in [-0.1, -0.05) is 0 Å². The van der Waals surface area contributed by atoms with Crippen molar-refractivity contribution in [3.05, 3.63) is 0 Å². The van der Waals surface area contributed by atoms with E-state index < -0.39 is 0 Å². The summed E-state index contributed by atoms with van der Waals surface area (Å²) in [6.07, 6.45) is 5.55. The molecule has 0 amide bonds. The Morgan fingerprint density at radius 1 is 1.31 bits per heavy atom. The van der Waals surface area contributed by atoms with Crippen LogP contribution in [0.25, 0.3) is 0 Å². The van der Waals surface area contributed by atoms with Gasteiger partial charge >= 0.3 is 0 Å². The largest absolute Gasteiger partial charge is 0.328 e. The van der Waals surface area contributed by atoms with Crippen LogP contribution in [0.5, 0.6) is 0 Å². The van der Waals surface area contributed by atoms with Gasteiger partial charge in [-0.25, -0.2) is 0 Å². The van der Waals surface area contributed by atoms with E-state index in [1.165, 1.54) is 32.4 Å². The van der Waals surface area contributed by atoms with Crippen molar-refractivity contribution in [3.8, 4) is 0 Å². The van der Waals surface area contributed by atoms with Gasteiger partial charge in [0.2, 0.25) is 0 Å². The van der Waals surface area contributed by atoms with Crippen LogP contribution in [0, 0.1) is 5.41 Å². The van der Waals surface area contributed by atoms with Gasteiger partial charge in [0, 0.05) is 18.6 Å². The van der Waals surface area contributed by atoms with E-state index in [1.54, 1.807) is 0 Å². The average molecular weight is 182 g/mol. The Morgan fingerprint density at radius 2 is 2.00 bits per heavy atom. The highest BCUT2D eigenvalue weighted by Gasteiger charge is 2.48. The molecular weight excluding hydrogens is 160 g/mol. The number of rotatable bonds is 3. The van der Waals surface area contributed by atoms with E-state index in [-0.39, 0.29) is 0 Å². The van der Waals surface area contributed by atoms with Gasteiger partial charge < -0.3 is 10.6 Å². The lowest BCUT2D eigenvalue weighted by atomic mass is 10.1. The smallest absolute Gasteiger partial charge is 0.00817 e. The van der Waals surface area contributed by atoms with E-state index >= 15 is 0 Å². The second-order valence-electron chi connectivity index (χ2n) is 5.28. The van der Waals surface area contributed by atoms with E-state index in [9.17, 15) is 0 Å². The zero-order valence-corrected chi connectivity index (χ0v) is 8.92. The maximum absolute atomic E-state index is 5.82. The first-order valence-corrected chi connectivity index (χ1v) is 5.61. The molecule has 2 heteroatoms. The van der Waals surface area contributed by atoms with Gasteiger partial charge in [-0.3, -0.25) is 0 Å². The summed E-state index contributed by atoms with van der Waals surface area (Å²) in [6.45, 7) is 7.10. The molecule has 13 heavy (non-hydrogen) atoms. The van der Waals surface area contributed by atoms with Crippen molar-refractivity contribution in [2.75, 3.05) is 13.1 Å². The van der Waals surface area contributed by atoms with E-state index in [0.717, 1.165) is 11.8 Å². The number of nitrogens with zero attached hydrogens (tertiary/aromatic N) is 1. The Labute approximate surface area is 81.5 Å². The second-order valence-corrected chi connectivity index (χ2v) is 5.28. The molecule has 1 aliphatic heterocycles. The average Bonchev–Trinajstić information content (AvgIpc) is 2.59. The van der Waals surface area contributed by atoms with Crippen molar-refractivity contribution in [1.82, 2.24) is 4.90 Å². The number of hydrogen-bond donors (Lipinski definition) is 1. The summed E-state index contributed by atoms with van der Waals surface area (Å²) in [6, 6.07) is 1.05. The van der Waals surface area contributed by atoms with Crippen LogP contribution in [0.3, 0.4) is 0 Å². The zero-order valence-electron chi connectivity index (χ0n) is 8.92. The molecular formula is C11H22N2. The van der Waals surface area contributed by atoms with Gasteiger partial charge in [0.25, 0.3) is 0 Å². The van der Waals surface area contributed by atoms with Crippen LogP contribution in [0.1, 0.15) is 39.5 Å². The first kappa shape index (κ1) is 9.47. The Bertz CT molecular complexity index is 185. The van der Waals surface area contributed by atoms with Gasteiger partial charge in [-0.15, -0.1) is 0 Å². The summed E-state index contributed by atoms with van der Waals surface area (Å²) in [5, 5.41) is 0. The molecule has 0 radical (unpaired) electrons. The van der Waals surface area contributed by atoms with E-state index in [2.05, 4.69) is 18.7 Å². The maximum atomic E-state index is 5.82. The third-order valence-electron chi connectivity index (χ3n) is 3.76. The molecule has 2 rings (SSSR count). The fraction of sp³-hybridized carbons (Fsp3) is 1.00. The molecule has 2 fully saturated rings. The molecule has 1 aliphatic carbocycles. The monoisotopic (exact) mass is 182 g/mol. The molecule has 0 aromatic rings. The standard InChI is InChI=1S/C11H22N2/c1-9(12)7-10(2)13-6-5-11(8-13)3-4-11/h9-10H,3-8,12H2,1-2H3. The van der Waals surface area contributed by atoms with Crippen LogP contribution < -0.4 is 5.73 Å². The highest BCUT2D eigenvalue weighted by Crippen LogP contribution is 2.53. The fourth-order valence-corrected chi connectivity index (χ4v) is 2.62. The van der Waals surface area contributed by atoms with Crippen molar-refractivity contribution >= 4 is 0 Å². The predicted molar refractivity (Wildman–Crippen MR) is 55.6 cm³/mol. The normalized spacial score (nSPS) is 30.7. The molecule has 1 heterocycles. The Hall–Kier alpha value is -0.0800. The van der Waals surface area contributed by atoms with Crippen molar-refractivity contribution in [1.29, 1.82) is 0 Å². The lowest BCUT2D eigenvalue weighted by molar-refractivity contribution is 0.227. The quantitative estimate of drug-likeness (QED) is 0.718. The molecule has 2 unspecified atom stereocenters. The maximum Gasteiger partial charge on any atom is 0.00817 e. The molecule has 1 saturated heterocycles. The van der Waals surface area contributed by atoms with E-state index in [4.69, 9.17) is 5.73 Å². The van der Waals surface area contributed by atoms with Crippen molar-refractivity contribution < 1.29 is 0 Å². The van der Waals surface area contributed by atoms with Gasteiger partial charge in [0.15, 0.2) is 0 Å². The summed E-state index contributed by atoms with van der Waals surface area (Å²) >= 11 is 0. The zero-order chi connectivity index (χ0) is 9.47. The van der Waals surface area contributed by atoms with E-state index in [0.29, 0.717) is 12.1 Å². The molecule has 2 nitrogen and oxygen atoms in total. The fourth-order valence-electron chi connectivity index (χ4n) is 2.62. The first-order valence-electron chi connectivity index (χ1n) is 5.61. The topological polar surface area (TPSA) is 29.3 Å². The van der Waals surface area contributed by atoms with E-state index in [1.807, 2.05) is 0 Å². The van der Waals surface area contributed by atoms with Crippen LogP contribution >= 0.6 is 0 Å². The van der Waals surface area contributed by atoms with Crippen LogP contribution in [0.4, 0.5) is 0 Å². The summed E-state index contributed by atoms with van der Waals surface area (Å²) in [5.74, 6) is 0. The summed E-state index contributed by atoms with van der Waals surface area (Å²) < 4.78 is 0. The Morgan fingerprint density at radius 3 is 2.46 bits per heavy atom. The highest BCUT2D eigenvalue weighted by atomic mass is 15.2. The first-order chi connectivity index (χ1) is 6.11. The second kappa shape index (κ2) is 3.25. The number of nitrogens with two attached hydrogens (primary N) is 1. The Balaban J connectivity index is 1.81. The molecule has 76 valence electrons. The molecule has 2 atom stereocenters. The van der Waals surface area contributed by atoms with Crippen LogP contribution in [-0.4, -0.2) is 30.1 Å². The van der Waals surface area contributed by atoms with Gasteiger partial charge in [0.1, 0.15) is 0 Å². The van der Waals surface area contributed by atoms with Gasteiger partial charge in [-0.05, 0) is 51.5 Å². The SMILES string of the molecule is CC(N)CC(C)N1CCC2(CC2)C1. The highest BCUT2D eigenvalue weighted by molar-refractivity contribution is 5.01. The number of hydrogen-bond acceptors (Lipinski definition) is 2.